The number of rotatable bonds is 17. The summed E-state index contributed by atoms with van der Waals surface area (Å²) in [5.41, 5.74) is 0.903. The molecule has 0 bridgehead atoms. The van der Waals surface area contributed by atoms with Gasteiger partial charge in [0.05, 0.1) is 13.2 Å². The van der Waals surface area contributed by atoms with Gasteiger partial charge in [0.1, 0.15) is 0 Å². The zero-order valence-electron chi connectivity index (χ0n) is 19.3. The number of phenols is 1. The minimum atomic E-state index is -0.195. The number of ether oxygens (including phenoxy) is 1. The molecule has 1 atom stereocenters. The Morgan fingerprint density at radius 1 is 1.10 bits per heavy atom. The van der Waals surface area contributed by atoms with Crippen LogP contribution in [-0.4, -0.2) is 29.3 Å². The summed E-state index contributed by atoms with van der Waals surface area (Å²) in [4.78, 5) is 12.0. The number of hydrogen-bond donors (Lipinski definition) is 3. The van der Waals surface area contributed by atoms with Gasteiger partial charge in [-0.05, 0) is 56.2 Å². The van der Waals surface area contributed by atoms with E-state index < -0.39 is 0 Å². The minimum absolute atomic E-state index is 0.0604. The average molecular weight is 432 g/mol. The van der Waals surface area contributed by atoms with Crippen LogP contribution < -0.4 is 10.1 Å². The average Bonchev–Trinajstić information content (AvgIpc) is 2.76. The number of benzene rings is 1. The quantitative estimate of drug-likeness (QED) is 0.215. The lowest BCUT2D eigenvalue weighted by atomic mass is 10.1. The molecule has 1 aromatic rings. The Morgan fingerprint density at radius 2 is 1.84 bits per heavy atom. The number of hydrogen-bond acceptors (Lipinski definition) is 4. The molecule has 0 aliphatic rings. The first kappa shape index (κ1) is 26.8. The first-order valence-electron chi connectivity index (χ1n) is 11.7. The van der Waals surface area contributed by atoms with Crippen LogP contribution in [0.4, 0.5) is 0 Å². The number of allylic oxidation sites excluding steroid dienone is 3. The highest BCUT2D eigenvalue weighted by Crippen LogP contribution is 2.26. The molecule has 1 unspecified atom stereocenters. The smallest absolute Gasteiger partial charge is 0.220 e. The van der Waals surface area contributed by atoms with E-state index in [1.165, 1.54) is 20.0 Å². The number of aromatic hydroxyl groups is 1. The van der Waals surface area contributed by atoms with E-state index in [0.717, 1.165) is 56.9 Å². The molecule has 174 valence electrons. The van der Waals surface area contributed by atoms with Crippen molar-refractivity contribution >= 4 is 5.91 Å². The van der Waals surface area contributed by atoms with E-state index in [2.05, 4.69) is 36.5 Å². The number of carbonyl (C=O) groups is 1. The molecule has 0 radical (unpaired) electrons. The summed E-state index contributed by atoms with van der Waals surface area (Å²) in [5.74, 6) is 0.578. The zero-order valence-corrected chi connectivity index (χ0v) is 19.3. The lowest BCUT2D eigenvalue weighted by Gasteiger charge is -2.08. The Labute approximate surface area is 188 Å². The van der Waals surface area contributed by atoms with Gasteiger partial charge in [-0.15, -0.1) is 0 Å². The molecule has 0 saturated heterocycles. The SMILES string of the molecule is CCCC(O)CC=CCC=CCCCCCCCC(=O)NCc1ccc(O)c(OC)c1. The molecule has 0 fully saturated rings. The molecule has 5 nitrogen and oxygen atoms in total. The Balaban J connectivity index is 1.98. The summed E-state index contributed by atoms with van der Waals surface area (Å²) in [6, 6.07) is 5.09. The van der Waals surface area contributed by atoms with E-state index in [0.29, 0.717) is 18.7 Å². The highest BCUT2D eigenvalue weighted by molar-refractivity contribution is 5.75. The van der Waals surface area contributed by atoms with Crippen LogP contribution in [0.25, 0.3) is 0 Å². The molecule has 31 heavy (non-hydrogen) atoms. The van der Waals surface area contributed by atoms with Crippen LogP contribution in [0.3, 0.4) is 0 Å². The molecule has 5 heteroatoms. The van der Waals surface area contributed by atoms with Gasteiger partial charge in [0.2, 0.25) is 5.91 Å². The molecule has 3 N–H and O–H groups in total. The van der Waals surface area contributed by atoms with E-state index >= 15 is 0 Å². The summed E-state index contributed by atoms with van der Waals surface area (Å²) in [6.45, 7) is 2.53. The third-order valence-corrected chi connectivity index (χ3v) is 5.14. The summed E-state index contributed by atoms with van der Waals surface area (Å²) < 4.78 is 5.08. The van der Waals surface area contributed by atoms with Crippen molar-refractivity contribution in [2.24, 2.45) is 0 Å². The monoisotopic (exact) mass is 431 g/mol. The van der Waals surface area contributed by atoms with Gasteiger partial charge in [-0.25, -0.2) is 0 Å². The fraction of sp³-hybridized carbons (Fsp3) is 0.577. The second-order valence-electron chi connectivity index (χ2n) is 7.95. The summed E-state index contributed by atoms with van der Waals surface area (Å²) in [7, 11) is 1.51. The molecule has 0 aliphatic carbocycles. The molecular weight excluding hydrogens is 390 g/mol. The van der Waals surface area contributed by atoms with Gasteiger partial charge >= 0.3 is 0 Å². The lowest BCUT2D eigenvalue weighted by Crippen LogP contribution is -2.22. The summed E-state index contributed by atoms with van der Waals surface area (Å²) >= 11 is 0. The molecule has 1 amide bonds. The Bertz CT molecular complexity index is 669. The van der Waals surface area contributed by atoms with Crippen molar-refractivity contribution in [3.05, 3.63) is 48.1 Å². The van der Waals surface area contributed by atoms with E-state index in [1.807, 2.05) is 0 Å². The van der Waals surface area contributed by atoms with Crippen molar-refractivity contribution in [3.63, 3.8) is 0 Å². The van der Waals surface area contributed by atoms with Crippen molar-refractivity contribution in [3.8, 4) is 11.5 Å². The maximum absolute atomic E-state index is 12.0. The lowest BCUT2D eigenvalue weighted by molar-refractivity contribution is -0.121. The van der Waals surface area contributed by atoms with Gasteiger partial charge in [0.25, 0.3) is 0 Å². The van der Waals surface area contributed by atoms with Crippen LogP contribution in [0.5, 0.6) is 11.5 Å². The third kappa shape index (κ3) is 13.6. The largest absolute Gasteiger partial charge is 0.504 e. The highest BCUT2D eigenvalue weighted by Gasteiger charge is 2.05. The maximum atomic E-state index is 12.0. The van der Waals surface area contributed by atoms with Crippen LogP contribution in [0, 0.1) is 0 Å². The van der Waals surface area contributed by atoms with Crippen LogP contribution >= 0.6 is 0 Å². The van der Waals surface area contributed by atoms with Gasteiger partial charge in [-0.3, -0.25) is 4.79 Å². The van der Waals surface area contributed by atoms with Gasteiger partial charge in [-0.2, -0.15) is 0 Å². The molecule has 0 saturated carbocycles. The number of aliphatic hydroxyl groups is 1. The van der Waals surface area contributed by atoms with Crippen molar-refractivity contribution in [2.75, 3.05) is 7.11 Å². The molecular formula is C26H41NO4. The second kappa shape index (κ2) is 17.4. The molecule has 0 aromatic heterocycles. The highest BCUT2D eigenvalue weighted by atomic mass is 16.5. The van der Waals surface area contributed by atoms with Crippen molar-refractivity contribution in [1.29, 1.82) is 0 Å². The Morgan fingerprint density at radius 3 is 2.61 bits per heavy atom. The van der Waals surface area contributed by atoms with Gasteiger partial charge in [0, 0.05) is 13.0 Å². The van der Waals surface area contributed by atoms with Crippen LogP contribution in [0.15, 0.2) is 42.5 Å². The number of phenolic OH excluding ortho intramolecular Hbond substituents is 1. The predicted octanol–water partition coefficient (Wildman–Crippen LogP) is 5.80. The predicted molar refractivity (Wildman–Crippen MR) is 127 cm³/mol. The second-order valence-corrected chi connectivity index (χ2v) is 7.95. The number of methoxy groups -OCH3 is 1. The van der Waals surface area contributed by atoms with Crippen LogP contribution in [0.1, 0.15) is 83.1 Å². The molecule has 1 rings (SSSR count). The van der Waals surface area contributed by atoms with Crippen LogP contribution in [-0.2, 0) is 11.3 Å². The summed E-state index contributed by atoms with van der Waals surface area (Å²) in [6.07, 6.45) is 19.2. The first-order chi connectivity index (χ1) is 15.1. The molecule has 0 aliphatic heterocycles. The van der Waals surface area contributed by atoms with Gasteiger partial charge < -0.3 is 20.3 Å². The molecule has 0 heterocycles. The first-order valence-corrected chi connectivity index (χ1v) is 11.7. The van der Waals surface area contributed by atoms with Crippen molar-refractivity contribution in [2.45, 2.75) is 90.2 Å². The normalized spacial score (nSPS) is 12.5. The number of nitrogens with one attached hydrogen (secondary N) is 1. The Kier molecular flexibility index (Phi) is 15.0. The van der Waals surface area contributed by atoms with E-state index in [-0.39, 0.29) is 17.8 Å². The number of aliphatic hydroxyl groups excluding tert-OH is 1. The topological polar surface area (TPSA) is 78.8 Å². The van der Waals surface area contributed by atoms with Crippen LogP contribution in [0.2, 0.25) is 0 Å². The standard InChI is InChI=1S/C26H41NO4/c1-3-15-23(28)16-13-11-9-7-5-4-6-8-10-12-14-17-26(30)27-21-22-18-19-24(29)25(20-22)31-2/h5,7,11,13,18-20,23,28-29H,3-4,6,8-10,12,14-17,21H2,1-2H3,(H,27,30). The zero-order chi connectivity index (χ0) is 22.7. The number of unbranched alkanes of at least 4 members (excludes halogenated alkanes) is 5. The van der Waals surface area contributed by atoms with Gasteiger partial charge in [0.15, 0.2) is 11.5 Å². The van der Waals surface area contributed by atoms with E-state index in [4.69, 9.17) is 4.74 Å². The molecule has 0 spiro atoms. The van der Waals surface area contributed by atoms with Crippen molar-refractivity contribution in [1.82, 2.24) is 5.32 Å². The van der Waals surface area contributed by atoms with Crippen molar-refractivity contribution < 1.29 is 19.7 Å². The fourth-order valence-electron chi connectivity index (χ4n) is 3.29. The van der Waals surface area contributed by atoms with E-state index in [1.54, 1.807) is 18.2 Å². The van der Waals surface area contributed by atoms with Gasteiger partial charge in [-0.1, -0.05) is 63.0 Å². The number of carbonyl (C=O) groups excluding carboxylic acids is 1. The minimum Gasteiger partial charge on any atom is -0.504 e. The van der Waals surface area contributed by atoms with E-state index in [9.17, 15) is 15.0 Å². The molecule has 1 aromatic carbocycles. The Hall–Kier alpha value is -2.27. The maximum Gasteiger partial charge on any atom is 0.220 e. The number of amides is 1. The third-order valence-electron chi connectivity index (χ3n) is 5.14. The summed E-state index contributed by atoms with van der Waals surface area (Å²) in [5, 5.41) is 22.2. The fourth-order valence-corrected chi connectivity index (χ4v) is 3.29.